The molecule has 42 heavy (non-hydrogen) atoms. The summed E-state index contributed by atoms with van der Waals surface area (Å²) in [5, 5.41) is 0.351. The predicted molar refractivity (Wildman–Crippen MR) is 127 cm³/mol. The van der Waals surface area contributed by atoms with Gasteiger partial charge in [0.2, 0.25) is 0 Å². The first-order valence-electron chi connectivity index (χ1n) is 11.6. The van der Waals surface area contributed by atoms with Crippen LogP contribution in [0.3, 0.4) is 0 Å². The summed E-state index contributed by atoms with van der Waals surface area (Å²) in [6.07, 6.45) is -20.9. The first-order chi connectivity index (χ1) is 19.4. The minimum absolute atomic E-state index is 0.121. The van der Waals surface area contributed by atoms with Gasteiger partial charge in [0, 0.05) is 17.5 Å². The Bertz CT molecular complexity index is 1490. The van der Waals surface area contributed by atoms with E-state index in [9.17, 15) is 44.7 Å². The van der Waals surface area contributed by atoms with E-state index in [4.69, 9.17) is 4.42 Å². The summed E-state index contributed by atoms with van der Waals surface area (Å²) in [4.78, 5) is 23.3. The van der Waals surface area contributed by atoms with Crippen LogP contribution in [-0.4, -0.2) is 44.0 Å². The molecule has 0 unspecified atom stereocenters. The smallest absolute Gasteiger partial charge is 0.484 e. The molecule has 1 heterocycles. The predicted octanol–water partition coefficient (Wildman–Crippen LogP) is 6.47. The molecule has 0 amide bonds. The standard InChI is InChI=1S/C26H20F8O8/c1-3-15-7-5-6-8-18(15)19-11-16-9-10-17(12-20(16)39-22(19)36)37-13-23(27,28)40-25(31,32)42-26(33,34)41-24(29,30)14-38-21(35)4-2/h4-12H,2-3,13-14H2,1H3. The molecule has 0 aliphatic heterocycles. The Balaban J connectivity index is 1.66. The van der Waals surface area contributed by atoms with Crippen molar-refractivity contribution >= 4 is 16.9 Å². The number of hydrogen-bond donors (Lipinski definition) is 0. The molecule has 0 N–H and O–H groups in total. The van der Waals surface area contributed by atoms with Gasteiger partial charge in [-0.2, -0.15) is 17.6 Å². The Labute approximate surface area is 231 Å². The van der Waals surface area contributed by atoms with Crippen LogP contribution in [0.15, 0.2) is 70.4 Å². The number of hydrogen-bond acceptors (Lipinski definition) is 8. The third-order valence-electron chi connectivity index (χ3n) is 5.13. The molecule has 0 saturated carbocycles. The Kier molecular flexibility index (Phi) is 9.64. The highest BCUT2D eigenvalue weighted by Gasteiger charge is 2.57. The SMILES string of the molecule is C=CC(=O)OCC(F)(F)OC(F)(F)OC(F)(F)OC(F)(F)COc1ccc2cc(-c3ccccc3CC)c(=O)oc2c1. The Morgan fingerprint density at radius 1 is 0.857 bits per heavy atom. The number of carbonyl (C=O) groups excluding carboxylic acids is 1. The van der Waals surface area contributed by atoms with Gasteiger partial charge < -0.3 is 13.9 Å². The summed E-state index contributed by atoms with van der Waals surface area (Å²) < 4.78 is 131. The molecular weight excluding hydrogens is 592 g/mol. The van der Waals surface area contributed by atoms with Gasteiger partial charge >= 0.3 is 36.4 Å². The van der Waals surface area contributed by atoms with Gasteiger partial charge in [0.25, 0.3) is 0 Å². The molecule has 0 saturated heterocycles. The largest absolute Gasteiger partial charge is 0.496 e. The summed E-state index contributed by atoms with van der Waals surface area (Å²) in [7, 11) is 0. The quantitative estimate of drug-likeness (QED) is 0.0673. The summed E-state index contributed by atoms with van der Waals surface area (Å²) in [5.41, 5.74) is 0.821. The molecule has 2 aromatic carbocycles. The molecule has 1 aromatic heterocycles. The highest BCUT2D eigenvalue weighted by atomic mass is 19.3. The van der Waals surface area contributed by atoms with Crippen LogP contribution in [0, 0.1) is 0 Å². The third kappa shape index (κ3) is 8.99. The van der Waals surface area contributed by atoms with Crippen molar-refractivity contribution in [1.29, 1.82) is 0 Å². The number of alkyl halides is 8. The van der Waals surface area contributed by atoms with E-state index < -0.39 is 55.4 Å². The van der Waals surface area contributed by atoms with E-state index in [1.54, 1.807) is 18.2 Å². The molecule has 0 aliphatic carbocycles. The first kappa shape index (κ1) is 32.5. The lowest BCUT2D eigenvalue weighted by Gasteiger charge is -2.27. The molecule has 3 aromatic rings. The molecule has 0 radical (unpaired) electrons. The fourth-order valence-corrected chi connectivity index (χ4v) is 3.43. The van der Waals surface area contributed by atoms with Crippen molar-refractivity contribution in [1.82, 2.24) is 0 Å². The molecule has 3 rings (SSSR count). The first-order valence-corrected chi connectivity index (χ1v) is 11.6. The highest BCUT2D eigenvalue weighted by molar-refractivity contribution is 5.83. The van der Waals surface area contributed by atoms with E-state index in [0.29, 0.717) is 23.4 Å². The summed E-state index contributed by atoms with van der Waals surface area (Å²) in [5.74, 6) is -1.92. The highest BCUT2D eigenvalue weighted by Crippen LogP contribution is 2.37. The van der Waals surface area contributed by atoms with Crippen molar-refractivity contribution < 1.29 is 68.0 Å². The van der Waals surface area contributed by atoms with E-state index in [0.717, 1.165) is 17.7 Å². The zero-order valence-corrected chi connectivity index (χ0v) is 21.3. The second-order valence-corrected chi connectivity index (χ2v) is 8.27. The van der Waals surface area contributed by atoms with E-state index in [2.05, 4.69) is 30.3 Å². The molecule has 0 aliphatic rings. The lowest BCUT2D eigenvalue weighted by molar-refractivity contribution is -0.574. The van der Waals surface area contributed by atoms with Crippen molar-refractivity contribution in [2.45, 2.75) is 38.2 Å². The van der Waals surface area contributed by atoms with E-state index in [1.807, 2.05) is 13.0 Å². The number of ether oxygens (including phenoxy) is 5. The molecule has 0 bridgehead atoms. The van der Waals surface area contributed by atoms with Gasteiger partial charge in [0.1, 0.15) is 11.3 Å². The maximum absolute atomic E-state index is 14.0. The number of benzene rings is 2. The Hall–Kier alpha value is -4.02. The maximum atomic E-state index is 14.0. The number of halogens is 8. The molecule has 16 heteroatoms. The summed E-state index contributed by atoms with van der Waals surface area (Å²) in [6.45, 7) is 0.542. The normalized spacial score (nSPS) is 12.8. The zero-order chi connectivity index (χ0) is 31.3. The van der Waals surface area contributed by atoms with Gasteiger partial charge in [-0.3, -0.25) is 0 Å². The van der Waals surface area contributed by atoms with Crippen LogP contribution in [0.4, 0.5) is 35.1 Å². The van der Waals surface area contributed by atoms with Crippen LogP contribution in [0.2, 0.25) is 0 Å². The molecular formula is C26H20F8O8. The minimum Gasteiger partial charge on any atom is -0.484 e. The molecule has 8 nitrogen and oxygen atoms in total. The zero-order valence-electron chi connectivity index (χ0n) is 21.3. The molecule has 0 fully saturated rings. The molecule has 0 spiro atoms. The topological polar surface area (TPSA) is 93.4 Å². The second kappa shape index (κ2) is 12.5. The molecule has 0 atom stereocenters. The van der Waals surface area contributed by atoms with E-state index in [-0.39, 0.29) is 11.1 Å². The van der Waals surface area contributed by atoms with Gasteiger partial charge in [-0.25, -0.2) is 23.8 Å². The average Bonchev–Trinajstić information content (AvgIpc) is 2.88. The monoisotopic (exact) mass is 612 g/mol. The third-order valence-corrected chi connectivity index (χ3v) is 5.13. The van der Waals surface area contributed by atoms with Crippen molar-refractivity contribution in [3.05, 3.63) is 77.2 Å². The van der Waals surface area contributed by atoms with Gasteiger partial charge in [-0.15, -0.1) is 17.6 Å². The van der Waals surface area contributed by atoms with Crippen LogP contribution in [0.5, 0.6) is 5.75 Å². The van der Waals surface area contributed by atoms with Gasteiger partial charge in [0.15, 0.2) is 13.2 Å². The van der Waals surface area contributed by atoms with Crippen LogP contribution in [0.1, 0.15) is 12.5 Å². The van der Waals surface area contributed by atoms with Crippen molar-refractivity contribution in [2.75, 3.05) is 13.2 Å². The van der Waals surface area contributed by atoms with Crippen molar-refractivity contribution in [3.63, 3.8) is 0 Å². The van der Waals surface area contributed by atoms with Crippen molar-refractivity contribution in [2.24, 2.45) is 0 Å². The fraction of sp³-hybridized carbons (Fsp3) is 0.308. The van der Waals surface area contributed by atoms with Gasteiger partial charge in [0.05, 0.1) is 5.56 Å². The Morgan fingerprint density at radius 2 is 1.48 bits per heavy atom. The van der Waals surface area contributed by atoms with Gasteiger partial charge in [-0.1, -0.05) is 37.8 Å². The number of carbonyl (C=O) groups is 1. The summed E-state index contributed by atoms with van der Waals surface area (Å²) in [6, 6.07) is 12.0. The van der Waals surface area contributed by atoms with E-state index in [1.165, 1.54) is 12.1 Å². The maximum Gasteiger partial charge on any atom is 0.496 e. The fourth-order valence-electron chi connectivity index (χ4n) is 3.43. The number of esters is 1. The van der Waals surface area contributed by atoms with E-state index >= 15 is 0 Å². The number of rotatable bonds is 14. The van der Waals surface area contributed by atoms with Crippen LogP contribution < -0.4 is 10.4 Å². The summed E-state index contributed by atoms with van der Waals surface area (Å²) >= 11 is 0. The molecule has 228 valence electrons. The average molecular weight is 612 g/mol. The van der Waals surface area contributed by atoms with Gasteiger partial charge in [-0.05, 0) is 35.7 Å². The Morgan fingerprint density at radius 3 is 2.10 bits per heavy atom. The minimum atomic E-state index is -5.91. The van der Waals surface area contributed by atoms with Crippen LogP contribution in [0.25, 0.3) is 22.1 Å². The van der Waals surface area contributed by atoms with Crippen LogP contribution in [-0.2, 0) is 30.2 Å². The lowest BCUT2D eigenvalue weighted by atomic mass is 9.99. The number of aryl methyl sites for hydroxylation is 1. The van der Waals surface area contributed by atoms with Crippen molar-refractivity contribution in [3.8, 4) is 16.9 Å². The second-order valence-electron chi connectivity index (χ2n) is 8.27. The lowest BCUT2D eigenvalue weighted by Crippen LogP contribution is -2.46. The van der Waals surface area contributed by atoms with Crippen LogP contribution >= 0.6 is 0 Å². The number of fused-ring (bicyclic) bond motifs is 1.